The Morgan fingerprint density at radius 2 is 2.00 bits per heavy atom. The van der Waals surface area contributed by atoms with Crippen molar-refractivity contribution >= 4 is 11.8 Å². The van der Waals surface area contributed by atoms with Crippen molar-refractivity contribution in [3.05, 3.63) is 59.5 Å². The Labute approximate surface area is 171 Å². The van der Waals surface area contributed by atoms with Crippen molar-refractivity contribution < 1.29 is 18.7 Å². The Balaban J connectivity index is 1.79. The SMILES string of the molecule is COCCNC(=O)[C@@H]1c2ccccc2C(=O)N(Cc2ccco2)C12CCCCC2. The maximum absolute atomic E-state index is 13.6. The van der Waals surface area contributed by atoms with E-state index in [4.69, 9.17) is 9.15 Å². The quantitative estimate of drug-likeness (QED) is 0.759. The topological polar surface area (TPSA) is 71.8 Å². The van der Waals surface area contributed by atoms with E-state index < -0.39 is 11.5 Å². The lowest BCUT2D eigenvalue weighted by Crippen LogP contribution is -2.62. The number of benzene rings is 1. The van der Waals surface area contributed by atoms with Crippen LogP contribution in [-0.4, -0.2) is 42.5 Å². The number of hydrogen-bond acceptors (Lipinski definition) is 4. The van der Waals surface area contributed by atoms with Crippen molar-refractivity contribution in [2.24, 2.45) is 0 Å². The van der Waals surface area contributed by atoms with E-state index in [-0.39, 0.29) is 11.8 Å². The molecular formula is C23H28N2O4. The highest BCUT2D eigenvalue weighted by atomic mass is 16.5. The molecule has 154 valence electrons. The zero-order chi connectivity index (χ0) is 20.3. The maximum atomic E-state index is 13.6. The van der Waals surface area contributed by atoms with Crippen LogP contribution < -0.4 is 5.32 Å². The van der Waals surface area contributed by atoms with Crippen LogP contribution in [0.15, 0.2) is 47.1 Å². The van der Waals surface area contributed by atoms with Crippen LogP contribution in [0.3, 0.4) is 0 Å². The lowest BCUT2D eigenvalue weighted by atomic mass is 9.65. The Morgan fingerprint density at radius 3 is 2.72 bits per heavy atom. The van der Waals surface area contributed by atoms with Crippen molar-refractivity contribution in [2.75, 3.05) is 20.3 Å². The summed E-state index contributed by atoms with van der Waals surface area (Å²) in [6.07, 6.45) is 6.40. The summed E-state index contributed by atoms with van der Waals surface area (Å²) in [7, 11) is 1.62. The standard InChI is InChI=1S/C23H28N2O4/c1-28-15-13-24-21(26)20-18-9-3-4-10-19(18)22(27)25(16-17-8-7-14-29-17)23(20)11-5-2-6-12-23/h3-4,7-10,14,20H,2,5-6,11-13,15-16H2,1H3,(H,24,26)/t20-/m0/s1. The van der Waals surface area contributed by atoms with Gasteiger partial charge in [-0.3, -0.25) is 9.59 Å². The highest BCUT2D eigenvalue weighted by molar-refractivity contribution is 6.02. The van der Waals surface area contributed by atoms with Gasteiger partial charge in [0.15, 0.2) is 0 Å². The lowest BCUT2D eigenvalue weighted by Gasteiger charge is -2.53. The summed E-state index contributed by atoms with van der Waals surface area (Å²) in [6, 6.07) is 11.3. The first-order valence-electron chi connectivity index (χ1n) is 10.4. The summed E-state index contributed by atoms with van der Waals surface area (Å²) in [5.41, 5.74) is 0.917. The molecule has 1 aromatic heterocycles. The van der Waals surface area contributed by atoms with Crippen molar-refractivity contribution in [3.63, 3.8) is 0 Å². The molecule has 0 saturated heterocycles. The molecule has 0 unspecified atom stereocenters. The van der Waals surface area contributed by atoms with E-state index >= 15 is 0 Å². The third-order valence-corrected chi connectivity index (χ3v) is 6.30. The Kier molecular flexibility index (Phi) is 5.72. The van der Waals surface area contributed by atoms with E-state index in [1.165, 1.54) is 0 Å². The van der Waals surface area contributed by atoms with Gasteiger partial charge in [0.1, 0.15) is 5.76 Å². The highest BCUT2D eigenvalue weighted by Gasteiger charge is 2.54. The number of carbonyl (C=O) groups excluding carboxylic acids is 2. The third-order valence-electron chi connectivity index (χ3n) is 6.30. The van der Waals surface area contributed by atoms with E-state index in [2.05, 4.69) is 5.32 Å². The molecule has 2 heterocycles. The average Bonchev–Trinajstić information content (AvgIpc) is 3.26. The van der Waals surface area contributed by atoms with E-state index in [1.54, 1.807) is 13.4 Å². The Hall–Kier alpha value is -2.60. The minimum atomic E-state index is -0.534. The smallest absolute Gasteiger partial charge is 0.255 e. The van der Waals surface area contributed by atoms with Gasteiger partial charge in [0, 0.05) is 19.2 Å². The molecule has 2 aliphatic rings. The van der Waals surface area contributed by atoms with Crippen LogP contribution in [0.4, 0.5) is 0 Å². The summed E-state index contributed by atoms with van der Waals surface area (Å²) >= 11 is 0. The van der Waals surface area contributed by atoms with Crippen molar-refractivity contribution in [1.82, 2.24) is 10.2 Å². The fourth-order valence-electron chi connectivity index (χ4n) is 5.01. The van der Waals surface area contributed by atoms with E-state index in [1.807, 2.05) is 41.3 Å². The molecule has 6 nitrogen and oxygen atoms in total. The molecule has 0 radical (unpaired) electrons. The van der Waals surface area contributed by atoms with Crippen molar-refractivity contribution in [2.45, 2.75) is 50.1 Å². The number of amides is 2. The summed E-state index contributed by atoms with van der Waals surface area (Å²) in [4.78, 5) is 28.9. The fraction of sp³-hybridized carbons (Fsp3) is 0.478. The zero-order valence-corrected chi connectivity index (χ0v) is 16.9. The first-order chi connectivity index (χ1) is 14.2. The summed E-state index contributed by atoms with van der Waals surface area (Å²) < 4.78 is 10.7. The van der Waals surface area contributed by atoms with E-state index in [0.717, 1.165) is 43.4 Å². The van der Waals surface area contributed by atoms with Gasteiger partial charge < -0.3 is 19.4 Å². The molecule has 1 aliphatic carbocycles. The molecule has 1 aromatic carbocycles. The summed E-state index contributed by atoms with van der Waals surface area (Å²) in [5, 5.41) is 3.03. The fourth-order valence-corrected chi connectivity index (χ4v) is 5.01. The van der Waals surface area contributed by atoms with Crippen LogP contribution in [0.25, 0.3) is 0 Å². The number of fused-ring (bicyclic) bond motifs is 1. The van der Waals surface area contributed by atoms with E-state index in [9.17, 15) is 9.59 Å². The van der Waals surface area contributed by atoms with Gasteiger partial charge in [0.05, 0.1) is 30.9 Å². The molecule has 0 bridgehead atoms. The molecule has 29 heavy (non-hydrogen) atoms. The van der Waals surface area contributed by atoms with Gasteiger partial charge in [-0.1, -0.05) is 37.5 Å². The number of nitrogens with zero attached hydrogens (tertiary/aromatic N) is 1. The number of furan rings is 1. The Bertz CT molecular complexity index is 856. The zero-order valence-electron chi connectivity index (χ0n) is 16.9. The largest absolute Gasteiger partial charge is 0.467 e. The molecule has 1 aliphatic heterocycles. The predicted octanol–water partition coefficient (Wildman–Crippen LogP) is 3.48. The minimum Gasteiger partial charge on any atom is -0.467 e. The van der Waals surface area contributed by atoms with Crippen LogP contribution in [-0.2, 0) is 16.1 Å². The van der Waals surface area contributed by atoms with Gasteiger partial charge in [-0.25, -0.2) is 0 Å². The van der Waals surface area contributed by atoms with Gasteiger partial charge >= 0.3 is 0 Å². The van der Waals surface area contributed by atoms with Gasteiger partial charge in [0.25, 0.3) is 5.91 Å². The normalized spacial score (nSPS) is 20.5. The lowest BCUT2D eigenvalue weighted by molar-refractivity contribution is -0.127. The highest BCUT2D eigenvalue weighted by Crippen LogP contribution is 2.49. The van der Waals surface area contributed by atoms with Crippen LogP contribution >= 0.6 is 0 Å². The molecule has 1 spiro atoms. The monoisotopic (exact) mass is 396 g/mol. The van der Waals surface area contributed by atoms with Gasteiger partial charge in [-0.05, 0) is 36.6 Å². The number of methoxy groups -OCH3 is 1. The minimum absolute atomic E-state index is 0.0140. The summed E-state index contributed by atoms with van der Waals surface area (Å²) in [5.74, 6) is 0.290. The maximum Gasteiger partial charge on any atom is 0.255 e. The molecule has 1 fully saturated rings. The molecule has 1 N–H and O–H groups in total. The van der Waals surface area contributed by atoms with Crippen LogP contribution in [0.5, 0.6) is 0 Å². The van der Waals surface area contributed by atoms with E-state index in [0.29, 0.717) is 25.3 Å². The molecular weight excluding hydrogens is 368 g/mol. The first-order valence-corrected chi connectivity index (χ1v) is 10.4. The molecule has 2 aromatic rings. The Morgan fingerprint density at radius 1 is 1.21 bits per heavy atom. The number of ether oxygens (including phenoxy) is 1. The first kappa shape index (κ1) is 19.7. The molecule has 1 saturated carbocycles. The van der Waals surface area contributed by atoms with Gasteiger partial charge in [-0.2, -0.15) is 0 Å². The molecule has 6 heteroatoms. The number of carbonyl (C=O) groups is 2. The molecule has 4 rings (SSSR count). The second kappa shape index (κ2) is 8.41. The van der Waals surface area contributed by atoms with Crippen molar-refractivity contribution in [1.29, 1.82) is 0 Å². The molecule has 2 amide bonds. The third kappa shape index (κ3) is 3.57. The van der Waals surface area contributed by atoms with Crippen LogP contribution in [0, 0.1) is 0 Å². The summed E-state index contributed by atoms with van der Waals surface area (Å²) in [6.45, 7) is 1.29. The van der Waals surface area contributed by atoms with Crippen LogP contribution in [0.1, 0.15) is 59.7 Å². The second-order valence-corrected chi connectivity index (χ2v) is 7.94. The number of nitrogens with one attached hydrogen (secondary N) is 1. The molecule has 1 atom stereocenters. The number of hydrogen-bond donors (Lipinski definition) is 1. The van der Waals surface area contributed by atoms with Crippen LogP contribution in [0.2, 0.25) is 0 Å². The average molecular weight is 396 g/mol. The van der Waals surface area contributed by atoms with Crippen molar-refractivity contribution in [3.8, 4) is 0 Å². The van der Waals surface area contributed by atoms with Gasteiger partial charge in [0.2, 0.25) is 5.91 Å². The second-order valence-electron chi connectivity index (χ2n) is 7.94. The number of rotatable bonds is 6. The van der Waals surface area contributed by atoms with Gasteiger partial charge in [-0.15, -0.1) is 0 Å². The predicted molar refractivity (Wildman–Crippen MR) is 108 cm³/mol.